The maximum absolute atomic E-state index is 12.8. The van der Waals surface area contributed by atoms with Gasteiger partial charge in [-0.1, -0.05) is 6.07 Å². The number of hydrogen-bond acceptors (Lipinski definition) is 5. The van der Waals surface area contributed by atoms with Crippen LogP contribution in [0.5, 0.6) is 5.88 Å². The quantitative estimate of drug-likeness (QED) is 0.869. The average molecular weight is 302 g/mol. The zero-order valence-corrected chi connectivity index (χ0v) is 12.6. The van der Waals surface area contributed by atoms with E-state index in [9.17, 15) is 4.39 Å². The molecule has 22 heavy (non-hydrogen) atoms. The molecule has 0 spiro atoms. The molecular weight excluding hydrogens is 283 g/mol. The van der Waals surface area contributed by atoms with Crippen LogP contribution in [0.2, 0.25) is 0 Å². The summed E-state index contributed by atoms with van der Waals surface area (Å²) in [6, 6.07) is 5.79. The summed E-state index contributed by atoms with van der Waals surface area (Å²) in [4.78, 5) is 14.5. The number of anilines is 1. The number of nitrogens with zero attached hydrogens (tertiary/aromatic N) is 4. The van der Waals surface area contributed by atoms with Crippen molar-refractivity contribution in [3.05, 3.63) is 42.1 Å². The molecule has 0 bridgehead atoms. The number of piperidine rings is 1. The molecule has 1 fully saturated rings. The predicted molar refractivity (Wildman–Crippen MR) is 81.4 cm³/mol. The van der Waals surface area contributed by atoms with Gasteiger partial charge in [0, 0.05) is 24.8 Å². The van der Waals surface area contributed by atoms with Crippen LogP contribution >= 0.6 is 0 Å². The summed E-state index contributed by atoms with van der Waals surface area (Å²) in [5.41, 5.74) is 0.959. The summed E-state index contributed by atoms with van der Waals surface area (Å²) >= 11 is 0. The van der Waals surface area contributed by atoms with E-state index in [-0.39, 0.29) is 0 Å². The first-order valence-electron chi connectivity index (χ1n) is 7.49. The van der Waals surface area contributed by atoms with Crippen molar-refractivity contribution in [2.75, 3.05) is 24.6 Å². The van der Waals surface area contributed by atoms with Crippen molar-refractivity contribution in [3.8, 4) is 5.88 Å². The fraction of sp³-hybridized carbons (Fsp3) is 0.438. The van der Waals surface area contributed by atoms with Gasteiger partial charge >= 0.3 is 0 Å². The average Bonchev–Trinajstić information content (AvgIpc) is 2.54. The number of hydrogen-bond donors (Lipinski definition) is 0. The lowest BCUT2D eigenvalue weighted by molar-refractivity contribution is 0.215. The molecule has 2 aromatic heterocycles. The SMILES string of the molecule is Cc1cccc(OCC2CCN(c3ncc(F)cn3)CC2)n1. The molecule has 3 rings (SSSR count). The molecule has 0 aromatic carbocycles. The molecule has 0 atom stereocenters. The summed E-state index contributed by atoms with van der Waals surface area (Å²) in [7, 11) is 0. The highest BCUT2D eigenvalue weighted by Crippen LogP contribution is 2.21. The van der Waals surface area contributed by atoms with Crippen LogP contribution in [0.3, 0.4) is 0 Å². The van der Waals surface area contributed by atoms with Gasteiger partial charge in [0.1, 0.15) is 0 Å². The fourth-order valence-electron chi connectivity index (χ4n) is 2.57. The maximum atomic E-state index is 12.8. The van der Waals surface area contributed by atoms with Crippen LogP contribution < -0.4 is 9.64 Å². The van der Waals surface area contributed by atoms with Gasteiger partial charge in [0.15, 0.2) is 5.82 Å². The van der Waals surface area contributed by atoms with Gasteiger partial charge in [-0.05, 0) is 31.7 Å². The van der Waals surface area contributed by atoms with Crippen molar-refractivity contribution >= 4 is 5.95 Å². The molecule has 0 radical (unpaired) electrons. The van der Waals surface area contributed by atoms with Crippen molar-refractivity contribution in [2.24, 2.45) is 5.92 Å². The second kappa shape index (κ2) is 6.68. The van der Waals surface area contributed by atoms with E-state index in [1.54, 1.807) is 0 Å². The smallest absolute Gasteiger partial charge is 0.225 e. The molecule has 0 N–H and O–H groups in total. The first-order valence-corrected chi connectivity index (χ1v) is 7.49. The van der Waals surface area contributed by atoms with E-state index in [1.165, 1.54) is 12.4 Å². The summed E-state index contributed by atoms with van der Waals surface area (Å²) in [5.74, 6) is 1.38. The van der Waals surface area contributed by atoms with Gasteiger partial charge in [0.25, 0.3) is 0 Å². The largest absolute Gasteiger partial charge is 0.477 e. The van der Waals surface area contributed by atoms with Gasteiger partial charge in [-0.2, -0.15) is 0 Å². The minimum Gasteiger partial charge on any atom is -0.477 e. The number of pyridine rings is 1. The Bertz CT molecular complexity index is 612. The molecule has 5 nitrogen and oxygen atoms in total. The van der Waals surface area contributed by atoms with Crippen LogP contribution in [-0.2, 0) is 0 Å². The van der Waals surface area contributed by atoms with Crippen LogP contribution in [-0.4, -0.2) is 34.6 Å². The Hall–Kier alpha value is -2.24. The van der Waals surface area contributed by atoms with Gasteiger partial charge in [0.2, 0.25) is 11.8 Å². The van der Waals surface area contributed by atoms with E-state index in [0.29, 0.717) is 24.4 Å². The van der Waals surface area contributed by atoms with Crippen LogP contribution in [0.4, 0.5) is 10.3 Å². The summed E-state index contributed by atoms with van der Waals surface area (Å²) in [6.07, 6.45) is 4.43. The molecule has 1 aliphatic rings. The minimum atomic E-state index is -0.405. The first-order chi connectivity index (χ1) is 10.7. The molecule has 0 aliphatic carbocycles. The van der Waals surface area contributed by atoms with Gasteiger partial charge in [-0.25, -0.2) is 19.3 Å². The van der Waals surface area contributed by atoms with Crippen molar-refractivity contribution in [2.45, 2.75) is 19.8 Å². The zero-order chi connectivity index (χ0) is 15.4. The van der Waals surface area contributed by atoms with Gasteiger partial charge in [-0.3, -0.25) is 0 Å². The molecule has 1 aliphatic heterocycles. The first kappa shape index (κ1) is 14.7. The summed E-state index contributed by atoms with van der Waals surface area (Å²) in [6.45, 7) is 4.35. The third-order valence-electron chi connectivity index (χ3n) is 3.83. The summed E-state index contributed by atoms with van der Waals surface area (Å²) in [5, 5.41) is 0. The van der Waals surface area contributed by atoms with Crippen molar-refractivity contribution < 1.29 is 9.13 Å². The Kier molecular flexibility index (Phi) is 4.46. The lowest BCUT2D eigenvalue weighted by Gasteiger charge is -2.31. The van der Waals surface area contributed by atoms with E-state index in [2.05, 4.69) is 19.9 Å². The lowest BCUT2D eigenvalue weighted by Crippen LogP contribution is -2.36. The molecule has 0 saturated carbocycles. The molecule has 3 heterocycles. The van der Waals surface area contributed by atoms with Gasteiger partial charge < -0.3 is 9.64 Å². The normalized spacial score (nSPS) is 15.8. The van der Waals surface area contributed by atoms with Crippen LogP contribution in [0.15, 0.2) is 30.6 Å². The van der Waals surface area contributed by atoms with E-state index >= 15 is 0 Å². The number of aryl methyl sites for hydroxylation is 1. The number of rotatable bonds is 4. The molecule has 116 valence electrons. The van der Waals surface area contributed by atoms with Crippen molar-refractivity contribution in [3.63, 3.8) is 0 Å². The number of aromatic nitrogens is 3. The highest BCUT2D eigenvalue weighted by atomic mass is 19.1. The second-order valence-corrected chi connectivity index (χ2v) is 5.56. The van der Waals surface area contributed by atoms with E-state index < -0.39 is 5.82 Å². The third kappa shape index (κ3) is 3.69. The fourth-order valence-corrected chi connectivity index (χ4v) is 2.57. The van der Waals surface area contributed by atoms with Crippen molar-refractivity contribution in [1.82, 2.24) is 15.0 Å². The molecular formula is C16H19FN4O. The lowest BCUT2D eigenvalue weighted by atomic mass is 9.98. The van der Waals surface area contributed by atoms with Gasteiger partial charge in [-0.15, -0.1) is 0 Å². The number of ether oxygens (including phenoxy) is 1. The molecule has 0 amide bonds. The Morgan fingerprint density at radius 2 is 1.95 bits per heavy atom. The standard InChI is InChI=1S/C16H19FN4O/c1-12-3-2-4-15(20-12)22-11-13-5-7-21(8-6-13)16-18-9-14(17)10-19-16/h2-4,9-10,13H,5-8,11H2,1H3. The van der Waals surface area contributed by atoms with Crippen LogP contribution in [0.1, 0.15) is 18.5 Å². The number of halogens is 1. The molecule has 1 saturated heterocycles. The van der Waals surface area contributed by atoms with Crippen LogP contribution in [0.25, 0.3) is 0 Å². The Labute approximate surface area is 129 Å². The highest BCUT2D eigenvalue weighted by Gasteiger charge is 2.21. The topological polar surface area (TPSA) is 51.1 Å². The van der Waals surface area contributed by atoms with Crippen molar-refractivity contribution in [1.29, 1.82) is 0 Å². The summed E-state index contributed by atoms with van der Waals surface area (Å²) < 4.78 is 18.6. The second-order valence-electron chi connectivity index (χ2n) is 5.56. The van der Waals surface area contributed by atoms with E-state index in [0.717, 1.165) is 31.6 Å². The zero-order valence-electron chi connectivity index (χ0n) is 12.6. The molecule has 2 aromatic rings. The Morgan fingerprint density at radius 1 is 1.23 bits per heavy atom. The minimum absolute atomic E-state index is 0.405. The predicted octanol–water partition coefficient (Wildman–Crippen LogP) is 2.61. The van der Waals surface area contributed by atoms with E-state index in [1.807, 2.05) is 25.1 Å². The molecule has 0 unspecified atom stereocenters. The Balaban J connectivity index is 1.48. The molecule has 6 heteroatoms. The Morgan fingerprint density at radius 3 is 2.64 bits per heavy atom. The third-order valence-corrected chi connectivity index (χ3v) is 3.83. The highest BCUT2D eigenvalue weighted by molar-refractivity contribution is 5.29. The monoisotopic (exact) mass is 302 g/mol. The van der Waals surface area contributed by atoms with Crippen LogP contribution in [0, 0.1) is 18.7 Å². The van der Waals surface area contributed by atoms with Gasteiger partial charge in [0.05, 0.1) is 19.0 Å². The maximum Gasteiger partial charge on any atom is 0.225 e. The van der Waals surface area contributed by atoms with E-state index in [4.69, 9.17) is 4.74 Å².